The number of hydrogen-bond donors (Lipinski definition) is 0. The number of halogens is 2. The fourth-order valence-corrected chi connectivity index (χ4v) is 3.10. The Balaban J connectivity index is 2.24. The van der Waals surface area contributed by atoms with E-state index in [1.807, 2.05) is 17.7 Å². The van der Waals surface area contributed by atoms with Crippen LogP contribution < -0.4 is 4.74 Å². The van der Waals surface area contributed by atoms with Gasteiger partial charge < -0.3 is 4.74 Å². The molecule has 0 saturated carbocycles. The Morgan fingerprint density at radius 3 is 2.71 bits per heavy atom. The molecule has 0 radical (unpaired) electrons. The maximum Gasteiger partial charge on any atom is 0.153 e. The second kappa shape index (κ2) is 7.22. The van der Waals surface area contributed by atoms with Crippen LogP contribution in [0.1, 0.15) is 35.6 Å². The summed E-state index contributed by atoms with van der Waals surface area (Å²) < 4.78 is 9.56. The lowest BCUT2D eigenvalue weighted by molar-refractivity contribution is 0.111. The van der Waals surface area contributed by atoms with Crippen LogP contribution in [-0.2, 0) is 19.6 Å². The highest BCUT2D eigenvalue weighted by molar-refractivity contribution is 9.10. The molecule has 1 aromatic heterocycles. The monoisotopic (exact) mass is 414 g/mol. The summed E-state index contributed by atoms with van der Waals surface area (Å²) in [6.45, 7) is 5.25. The third kappa shape index (κ3) is 3.55. The van der Waals surface area contributed by atoms with Crippen LogP contribution in [0.25, 0.3) is 0 Å². The number of nitrogens with zero attached hydrogens (tertiary/aromatic N) is 2. The summed E-state index contributed by atoms with van der Waals surface area (Å²) in [4.78, 5) is 11.1. The van der Waals surface area contributed by atoms with Gasteiger partial charge in [0, 0.05) is 11.0 Å². The van der Waals surface area contributed by atoms with E-state index < -0.39 is 0 Å². The van der Waals surface area contributed by atoms with Crippen molar-refractivity contribution in [2.45, 2.75) is 33.4 Å². The Hall–Kier alpha value is -1.14. The van der Waals surface area contributed by atoms with Gasteiger partial charge >= 0.3 is 0 Å². The number of hydrogen-bond acceptors (Lipinski definition) is 3. The van der Waals surface area contributed by atoms with Gasteiger partial charge in [-0.25, -0.2) is 0 Å². The molecule has 6 heteroatoms. The van der Waals surface area contributed by atoms with Crippen molar-refractivity contribution in [1.82, 2.24) is 9.78 Å². The molecule has 0 unspecified atom stereocenters. The first-order valence-electron chi connectivity index (χ1n) is 6.72. The van der Waals surface area contributed by atoms with Crippen LogP contribution in [0.4, 0.5) is 0 Å². The van der Waals surface area contributed by atoms with Crippen molar-refractivity contribution in [2.75, 3.05) is 0 Å². The average molecular weight is 416 g/mol. The highest BCUT2D eigenvalue weighted by Gasteiger charge is 2.15. The third-order valence-corrected chi connectivity index (χ3v) is 4.57. The first-order chi connectivity index (χ1) is 10.1. The molecular formula is C15H16Br2N2O2. The number of carbonyl (C=O) groups excluding carboxylic acids is 1. The topological polar surface area (TPSA) is 44.1 Å². The van der Waals surface area contributed by atoms with E-state index in [1.165, 1.54) is 0 Å². The van der Waals surface area contributed by atoms with Crippen LogP contribution in [0.5, 0.6) is 5.75 Å². The van der Waals surface area contributed by atoms with Crippen molar-refractivity contribution in [2.24, 2.45) is 0 Å². The highest BCUT2D eigenvalue weighted by atomic mass is 79.9. The van der Waals surface area contributed by atoms with E-state index >= 15 is 0 Å². The lowest BCUT2D eigenvalue weighted by Crippen LogP contribution is -2.07. The summed E-state index contributed by atoms with van der Waals surface area (Å²) in [5.74, 6) is 0.571. The van der Waals surface area contributed by atoms with Gasteiger partial charge in [-0.05, 0) is 47.5 Å². The summed E-state index contributed by atoms with van der Waals surface area (Å²) in [6, 6.07) is 5.38. The first kappa shape index (κ1) is 16.2. The van der Waals surface area contributed by atoms with E-state index in [-0.39, 0.29) is 0 Å². The zero-order chi connectivity index (χ0) is 15.4. The maximum atomic E-state index is 11.1. The van der Waals surface area contributed by atoms with Crippen molar-refractivity contribution < 1.29 is 9.53 Å². The van der Waals surface area contributed by atoms with Crippen molar-refractivity contribution in [1.29, 1.82) is 0 Å². The van der Waals surface area contributed by atoms with E-state index in [2.05, 4.69) is 43.9 Å². The number of rotatable bonds is 6. The predicted molar refractivity (Wildman–Crippen MR) is 88.8 cm³/mol. The van der Waals surface area contributed by atoms with Crippen LogP contribution >= 0.6 is 31.9 Å². The van der Waals surface area contributed by atoms with Crippen molar-refractivity contribution >= 4 is 38.1 Å². The van der Waals surface area contributed by atoms with Gasteiger partial charge in [0.2, 0.25) is 0 Å². The molecule has 2 rings (SSSR count). The predicted octanol–water partition coefficient (Wildman–Crippen LogP) is 4.38. The molecule has 0 fully saturated rings. The molecule has 1 aromatic carbocycles. The summed E-state index contributed by atoms with van der Waals surface area (Å²) in [5.41, 5.74) is 2.52. The zero-order valence-electron chi connectivity index (χ0n) is 11.9. The molecule has 0 atom stereocenters. The minimum absolute atomic E-state index is 0.365. The van der Waals surface area contributed by atoms with Gasteiger partial charge in [-0.3, -0.25) is 9.48 Å². The lowest BCUT2D eigenvalue weighted by atomic mass is 10.2. The largest absolute Gasteiger partial charge is 0.487 e. The average Bonchev–Trinajstić information content (AvgIpc) is 2.81. The number of benzene rings is 1. The molecule has 0 bridgehead atoms. The Morgan fingerprint density at radius 2 is 2.10 bits per heavy atom. The zero-order valence-corrected chi connectivity index (χ0v) is 15.1. The fraction of sp³-hybridized carbons (Fsp3) is 0.333. The number of aldehydes is 1. The van der Waals surface area contributed by atoms with E-state index in [9.17, 15) is 4.79 Å². The molecule has 0 saturated heterocycles. The quantitative estimate of drug-likeness (QED) is 0.657. The SMILES string of the molecule is CCc1nn(CC)c(COc2ccc(Br)cc2C=O)c1Br. The second-order valence-corrected chi connectivity index (χ2v) is 6.17. The molecule has 1 heterocycles. The number of carbonyl (C=O) groups is 1. The van der Waals surface area contributed by atoms with Gasteiger partial charge in [0.1, 0.15) is 12.4 Å². The number of aromatic nitrogens is 2. The molecule has 0 aliphatic rings. The minimum atomic E-state index is 0.365. The van der Waals surface area contributed by atoms with Crippen molar-refractivity contribution in [3.8, 4) is 5.75 Å². The Morgan fingerprint density at radius 1 is 1.33 bits per heavy atom. The Kier molecular flexibility index (Phi) is 5.58. The van der Waals surface area contributed by atoms with Crippen molar-refractivity contribution in [3.63, 3.8) is 0 Å². The van der Waals surface area contributed by atoms with Crippen LogP contribution in [0, 0.1) is 0 Å². The molecule has 0 aliphatic carbocycles. The van der Waals surface area contributed by atoms with Gasteiger partial charge in [-0.2, -0.15) is 5.10 Å². The second-order valence-electron chi connectivity index (χ2n) is 4.47. The minimum Gasteiger partial charge on any atom is -0.487 e. The summed E-state index contributed by atoms with van der Waals surface area (Å²) >= 11 is 6.93. The van der Waals surface area contributed by atoms with Gasteiger partial charge in [0.25, 0.3) is 0 Å². The Labute approximate surface area is 140 Å². The first-order valence-corrected chi connectivity index (χ1v) is 8.30. The van der Waals surface area contributed by atoms with Crippen LogP contribution in [0.2, 0.25) is 0 Å². The molecule has 0 N–H and O–H groups in total. The maximum absolute atomic E-state index is 11.1. The van der Waals surface area contributed by atoms with E-state index in [0.29, 0.717) is 17.9 Å². The summed E-state index contributed by atoms with van der Waals surface area (Å²) in [7, 11) is 0. The van der Waals surface area contributed by atoms with Crippen LogP contribution in [0.15, 0.2) is 27.1 Å². The van der Waals surface area contributed by atoms with Gasteiger partial charge in [0.15, 0.2) is 6.29 Å². The molecule has 0 aliphatic heterocycles. The summed E-state index contributed by atoms with van der Waals surface area (Å²) in [5, 5.41) is 4.53. The molecule has 4 nitrogen and oxygen atoms in total. The van der Waals surface area contributed by atoms with Crippen LogP contribution in [-0.4, -0.2) is 16.1 Å². The molecule has 0 amide bonds. The van der Waals surface area contributed by atoms with E-state index in [0.717, 1.165) is 39.6 Å². The van der Waals surface area contributed by atoms with Gasteiger partial charge in [-0.15, -0.1) is 0 Å². The van der Waals surface area contributed by atoms with Gasteiger partial charge in [-0.1, -0.05) is 22.9 Å². The number of aryl methyl sites for hydroxylation is 2. The third-order valence-electron chi connectivity index (χ3n) is 3.16. The van der Waals surface area contributed by atoms with Crippen molar-refractivity contribution in [3.05, 3.63) is 44.1 Å². The van der Waals surface area contributed by atoms with Crippen LogP contribution in [0.3, 0.4) is 0 Å². The summed E-state index contributed by atoms with van der Waals surface area (Å²) in [6.07, 6.45) is 1.65. The molecule has 112 valence electrons. The Bertz CT molecular complexity index is 653. The molecule has 2 aromatic rings. The normalized spacial score (nSPS) is 10.7. The van der Waals surface area contributed by atoms with Gasteiger partial charge in [0.05, 0.1) is 21.4 Å². The highest BCUT2D eigenvalue weighted by Crippen LogP contribution is 2.26. The van der Waals surface area contributed by atoms with E-state index in [1.54, 1.807) is 12.1 Å². The molecule has 21 heavy (non-hydrogen) atoms. The number of ether oxygens (including phenoxy) is 1. The fourth-order valence-electron chi connectivity index (χ4n) is 2.04. The van der Waals surface area contributed by atoms with E-state index in [4.69, 9.17) is 4.74 Å². The molecular weight excluding hydrogens is 400 g/mol. The lowest BCUT2D eigenvalue weighted by Gasteiger charge is -2.10. The standard InChI is InChI=1S/C15H16Br2N2O2/c1-3-12-15(17)13(19(4-2)18-12)9-21-14-6-5-11(16)7-10(14)8-20/h5-8H,3-4,9H2,1-2H3. The molecule has 0 spiro atoms. The smallest absolute Gasteiger partial charge is 0.153 e.